The smallest absolute Gasteiger partial charge is 0.339 e. The maximum Gasteiger partial charge on any atom is 0.339 e. The topological polar surface area (TPSA) is 85.4 Å². The Morgan fingerprint density at radius 2 is 1.80 bits per heavy atom. The van der Waals surface area contributed by atoms with E-state index in [1.54, 1.807) is 30.3 Å². The molecule has 1 aliphatic rings. The average Bonchev–Trinajstić information content (AvgIpc) is 2.76. The molecule has 6 heteroatoms. The lowest BCUT2D eigenvalue weighted by atomic mass is 9.84. The molecule has 1 aromatic heterocycles. The number of ether oxygens (including phenoxy) is 1. The fourth-order valence-corrected chi connectivity index (χ4v) is 3.82. The number of aryl methyl sites for hydroxylation is 1. The number of nitrogens with one attached hydrogen (secondary N) is 1. The normalized spacial score (nSPS) is 15.3. The third-order valence-corrected chi connectivity index (χ3v) is 5.33. The van der Waals surface area contributed by atoms with Gasteiger partial charge in [-0.05, 0) is 48.9 Å². The summed E-state index contributed by atoms with van der Waals surface area (Å²) in [4.78, 5) is 41.9. The molecule has 3 aromatic rings. The van der Waals surface area contributed by atoms with Crippen LogP contribution in [0.15, 0.2) is 54.6 Å². The molecular weight excluding hydrogens is 380 g/mol. The molecule has 0 bridgehead atoms. The maximum absolute atomic E-state index is 13.0. The summed E-state index contributed by atoms with van der Waals surface area (Å²) >= 11 is 0. The summed E-state index contributed by atoms with van der Waals surface area (Å²) in [6.45, 7) is 1.62. The average molecular weight is 402 g/mol. The van der Waals surface area contributed by atoms with Gasteiger partial charge in [0.25, 0.3) is 11.8 Å². The van der Waals surface area contributed by atoms with E-state index in [9.17, 15) is 14.4 Å². The monoisotopic (exact) mass is 402 g/mol. The Morgan fingerprint density at radius 3 is 2.60 bits per heavy atom. The van der Waals surface area contributed by atoms with E-state index in [2.05, 4.69) is 12.2 Å². The third-order valence-electron chi connectivity index (χ3n) is 5.33. The lowest BCUT2D eigenvalue weighted by Crippen LogP contribution is -2.34. The van der Waals surface area contributed by atoms with Crippen molar-refractivity contribution in [2.75, 3.05) is 6.61 Å². The molecule has 1 aliphatic carbocycles. The number of aromatic nitrogens is 1. The number of esters is 1. The SMILES string of the molecule is CC1CCc2nc3ccccc3c(C(=O)OCC(=O)NC(=O)c3ccccc3)c2C1. The second-order valence-electron chi connectivity index (χ2n) is 7.60. The van der Waals surface area contributed by atoms with Crippen LogP contribution < -0.4 is 5.32 Å². The summed E-state index contributed by atoms with van der Waals surface area (Å²) in [5, 5.41) is 2.96. The Bertz CT molecular complexity index is 1120. The second kappa shape index (κ2) is 8.45. The highest BCUT2D eigenvalue weighted by molar-refractivity contribution is 6.07. The first-order valence-corrected chi connectivity index (χ1v) is 9.99. The van der Waals surface area contributed by atoms with Crippen LogP contribution in [0.1, 0.15) is 45.3 Å². The first-order chi connectivity index (χ1) is 14.5. The summed E-state index contributed by atoms with van der Waals surface area (Å²) in [6.07, 6.45) is 2.58. The van der Waals surface area contributed by atoms with Crippen LogP contribution in [0.25, 0.3) is 10.9 Å². The summed E-state index contributed by atoms with van der Waals surface area (Å²) in [7, 11) is 0. The van der Waals surface area contributed by atoms with Crippen LogP contribution in [0.2, 0.25) is 0 Å². The van der Waals surface area contributed by atoms with Crippen molar-refractivity contribution in [3.8, 4) is 0 Å². The minimum absolute atomic E-state index is 0.361. The molecule has 1 atom stereocenters. The molecule has 1 unspecified atom stereocenters. The number of amides is 2. The van der Waals surface area contributed by atoms with Crippen LogP contribution in [0.3, 0.4) is 0 Å². The van der Waals surface area contributed by atoms with Gasteiger partial charge in [-0.2, -0.15) is 0 Å². The third kappa shape index (κ3) is 4.08. The van der Waals surface area contributed by atoms with E-state index in [4.69, 9.17) is 9.72 Å². The molecule has 30 heavy (non-hydrogen) atoms. The molecule has 1 heterocycles. The largest absolute Gasteiger partial charge is 0.452 e. The molecule has 0 fully saturated rings. The van der Waals surface area contributed by atoms with Gasteiger partial charge >= 0.3 is 5.97 Å². The zero-order chi connectivity index (χ0) is 21.1. The molecule has 0 radical (unpaired) electrons. The number of nitrogens with zero attached hydrogens (tertiary/aromatic N) is 1. The molecule has 2 aromatic carbocycles. The number of carbonyl (C=O) groups is 3. The van der Waals surface area contributed by atoms with Crippen molar-refractivity contribution in [1.29, 1.82) is 0 Å². The fraction of sp³-hybridized carbons (Fsp3) is 0.250. The highest BCUT2D eigenvalue weighted by atomic mass is 16.5. The van der Waals surface area contributed by atoms with E-state index < -0.39 is 24.4 Å². The van der Waals surface area contributed by atoms with Gasteiger partial charge in [-0.1, -0.05) is 43.3 Å². The van der Waals surface area contributed by atoms with Crippen molar-refractivity contribution in [3.05, 3.63) is 77.0 Å². The number of fused-ring (bicyclic) bond motifs is 2. The summed E-state index contributed by atoms with van der Waals surface area (Å²) in [6, 6.07) is 15.8. The van der Waals surface area contributed by atoms with E-state index >= 15 is 0 Å². The molecular formula is C24H22N2O4. The number of para-hydroxylation sites is 1. The number of rotatable bonds is 4. The van der Waals surface area contributed by atoms with E-state index in [1.807, 2.05) is 24.3 Å². The van der Waals surface area contributed by atoms with Crippen molar-refractivity contribution in [3.63, 3.8) is 0 Å². The molecule has 0 spiro atoms. The lowest BCUT2D eigenvalue weighted by Gasteiger charge is -2.24. The molecule has 152 valence electrons. The van der Waals surface area contributed by atoms with Gasteiger partial charge in [-0.3, -0.25) is 19.9 Å². The maximum atomic E-state index is 13.0. The summed E-state index contributed by atoms with van der Waals surface area (Å²) in [5.41, 5.74) is 3.40. The number of benzene rings is 2. The lowest BCUT2D eigenvalue weighted by molar-refractivity contribution is -0.123. The second-order valence-corrected chi connectivity index (χ2v) is 7.60. The Balaban J connectivity index is 1.53. The molecule has 6 nitrogen and oxygen atoms in total. The molecule has 2 amide bonds. The van der Waals surface area contributed by atoms with Gasteiger partial charge in [0.05, 0.1) is 11.1 Å². The molecule has 4 rings (SSSR count). The van der Waals surface area contributed by atoms with Gasteiger partial charge in [0, 0.05) is 16.6 Å². The van der Waals surface area contributed by atoms with Crippen molar-refractivity contribution in [2.24, 2.45) is 5.92 Å². The zero-order valence-electron chi connectivity index (χ0n) is 16.7. The number of hydrogen-bond donors (Lipinski definition) is 1. The molecule has 0 saturated heterocycles. The zero-order valence-corrected chi connectivity index (χ0v) is 16.7. The van der Waals surface area contributed by atoms with Gasteiger partial charge in [-0.15, -0.1) is 0 Å². The highest BCUT2D eigenvalue weighted by Crippen LogP contribution is 2.31. The van der Waals surface area contributed by atoms with Crippen molar-refractivity contribution in [1.82, 2.24) is 10.3 Å². The quantitative estimate of drug-likeness (QED) is 0.676. The molecule has 0 aliphatic heterocycles. The standard InChI is InChI=1S/C24H22N2O4/c1-15-11-12-20-18(13-15)22(17-9-5-6-10-19(17)25-20)24(29)30-14-21(27)26-23(28)16-7-3-2-4-8-16/h2-10,15H,11-14H2,1H3,(H,26,27,28). The highest BCUT2D eigenvalue weighted by Gasteiger charge is 2.26. The molecule has 1 N–H and O–H groups in total. The van der Waals surface area contributed by atoms with Crippen molar-refractivity contribution >= 4 is 28.7 Å². The summed E-state index contributed by atoms with van der Waals surface area (Å²) in [5.74, 6) is -1.32. The molecule has 0 saturated carbocycles. The van der Waals surface area contributed by atoms with Crippen LogP contribution >= 0.6 is 0 Å². The number of imide groups is 1. The minimum Gasteiger partial charge on any atom is -0.452 e. The minimum atomic E-state index is -0.669. The van der Waals surface area contributed by atoms with Crippen LogP contribution in [-0.4, -0.2) is 29.4 Å². The first kappa shape index (κ1) is 19.8. The fourth-order valence-electron chi connectivity index (χ4n) is 3.82. The summed E-state index contributed by atoms with van der Waals surface area (Å²) < 4.78 is 5.31. The van der Waals surface area contributed by atoms with Gasteiger partial charge in [0.1, 0.15) is 0 Å². The Kier molecular flexibility index (Phi) is 5.57. The number of carbonyl (C=O) groups excluding carboxylic acids is 3. The Labute approximate surface area is 174 Å². The van der Waals surface area contributed by atoms with Crippen molar-refractivity contribution in [2.45, 2.75) is 26.2 Å². The van der Waals surface area contributed by atoms with E-state index in [0.29, 0.717) is 17.0 Å². The predicted octanol–water partition coefficient (Wildman–Crippen LogP) is 3.47. The Hall–Kier alpha value is -3.54. The first-order valence-electron chi connectivity index (χ1n) is 9.99. The van der Waals surface area contributed by atoms with Crippen LogP contribution in [0, 0.1) is 5.92 Å². The van der Waals surface area contributed by atoms with Crippen LogP contribution in [0.5, 0.6) is 0 Å². The van der Waals surface area contributed by atoms with Gasteiger partial charge in [0.2, 0.25) is 0 Å². The van der Waals surface area contributed by atoms with Crippen LogP contribution in [0.4, 0.5) is 0 Å². The van der Waals surface area contributed by atoms with E-state index in [0.717, 1.165) is 41.4 Å². The van der Waals surface area contributed by atoms with Gasteiger partial charge in [-0.25, -0.2) is 4.79 Å². The van der Waals surface area contributed by atoms with Crippen molar-refractivity contribution < 1.29 is 19.1 Å². The van der Waals surface area contributed by atoms with E-state index in [1.165, 1.54) is 0 Å². The van der Waals surface area contributed by atoms with Crippen LogP contribution in [-0.2, 0) is 22.4 Å². The number of pyridine rings is 1. The number of hydrogen-bond acceptors (Lipinski definition) is 5. The predicted molar refractivity (Wildman–Crippen MR) is 112 cm³/mol. The van der Waals surface area contributed by atoms with E-state index in [-0.39, 0.29) is 0 Å². The van der Waals surface area contributed by atoms with Gasteiger partial charge < -0.3 is 4.74 Å². The Morgan fingerprint density at radius 1 is 1.07 bits per heavy atom. The van der Waals surface area contributed by atoms with Gasteiger partial charge in [0.15, 0.2) is 6.61 Å².